The molecule has 0 bridgehead atoms. The van der Waals surface area contributed by atoms with E-state index in [-0.39, 0.29) is 5.91 Å². The van der Waals surface area contributed by atoms with Crippen molar-refractivity contribution in [1.82, 2.24) is 15.6 Å². The van der Waals surface area contributed by atoms with Crippen LogP contribution in [0, 0.1) is 0 Å². The maximum absolute atomic E-state index is 11.3. The van der Waals surface area contributed by atoms with Crippen LogP contribution < -0.4 is 15.5 Å². The third-order valence-corrected chi connectivity index (χ3v) is 3.87. The molecule has 6 heteroatoms. The number of carbonyl (C=O) groups is 1. The van der Waals surface area contributed by atoms with Crippen LogP contribution in [-0.2, 0) is 11.3 Å². The first-order chi connectivity index (χ1) is 8.65. The number of amides is 1. The molecule has 5 nitrogen and oxygen atoms in total. The van der Waals surface area contributed by atoms with Crippen LogP contribution >= 0.6 is 11.3 Å². The number of anilines is 1. The van der Waals surface area contributed by atoms with Crippen molar-refractivity contribution in [1.29, 1.82) is 0 Å². The molecule has 0 atom stereocenters. The summed E-state index contributed by atoms with van der Waals surface area (Å²) in [5.41, 5.74) is 0. The summed E-state index contributed by atoms with van der Waals surface area (Å²) >= 11 is 1.71. The van der Waals surface area contributed by atoms with Crippen LogP contribution in [0.25, 0.3) is 0 Å². The monoisotopic (exact) mass is 268 g/mol. The van der Waals surface area contributed by atoms with Crippen molar-refractivity contribution in [3.63, 3.8) is 0 Å². The number of aromatic nitrogens is 1. The van der Waals surface area contributed by atoms with Crippen molar-refractivity contribution in [2.45, 2.75) is 32.9 Å². The molecule has 0 radical (unpaired) electrons. The van der Waals surface area contributed by atoms with Gasteiger partial charge in [-0.05, 0) is 0 Å². The smallest absolute Gasteiger partial charge is 0.221 e. The Morgan fingerprint density at radius 3 is 3.17 bits per heavy atom. The van der Waals surface area contributed by atoms with E-state index in [9.17, 15) is 4.79 Å². The molecule has 1 aromatic rings. The highest BCUT2D eigenvalue weighted by Crippen LogP contribution is 2.23. The molecule has 100 valence electrons. The molecule has 18 heavy (non-hydrogen) atoms. The number of carbonyl (C=O) groups excluding carboxylic acids is 1. The van der Waals surface area contributed by atoms with Gasteiger partial charge in [-0.2, -0.15) is 0 Å². The summed E-state index contributed by atoms with van der Waals surface area (Å²) in [5.74, 6) is 0.135. The second kappa shape index (κ2) is 6.15. The Morgan fingerprint density at radius 1 is 1.56 bits per heavy atom. The standard InChI is InChI=1S/C12H20N4OS/c1-9(2)14-7-10-8-15-12(18-10)16-5-3-11(17)13-4-6-16/h8-9,14H,3-7H2,1-2H3,(H,13,17). The summed E-state index contributed by atoms with van der Waals surface area (Å²) in [6.07, 6.45) is 2.48. The van der Waals surface area contributed by atoms with Crippen LogP contribution in [0.2, 0.25) is 0 Å². The number of hydrogen-bond donors (Lipinski definition) is 2. The molecule has 1 aliphatic heterocycles. The zero-order valence-corrected chi connectivity index (χ0v) is 11.7. The fourth-order valence-electron chi connectivity index (χ4n) is 1.79. The SMILES string of the molecule is CC(C)NCc1cnc(N2CCNC(=O)CC2)s1. The summed E-state index contributed by atoms with van der Waals surface area (Å²) in [5, 5.41) is 7.28. The number of hydrogen-bond acceptors (Lipinski definition) is 5. The minimum absolute atomic E-state index is 0.135. The van der Waals surface area contributed by atoms with E-state index in [1.807, 2.05) is 6.20 Å². The minimum Gasteiger partial charge on any atom is -0.354 e. The molecule has 2 N–H and O–H groups in total. The van der Waals surface area contributed by atoms with Gasteiger partial charge in [-0.3, -0.25) is 4.79 Å². The van der Waals surface area contributed by atoms with Crippen LogP contribution in [0.4, 0.5) is 5.13 Å². The maximum Gasteiger partial charge on any atom is 0.221 e. The average molecular weight is 268 g/mol. The Morgan fingerprint density at radius 2 is 2.39 bits per heavy atom. The van der Waals surface area contributed by atoms with Crippen LogP contribution in [0.1, 0.15) is 25.1 Å². The molecule has 0 aromatic carbocycles. The lowest BCUT2D eigenvalue weighted by molar-refractivity contribution is -0.120. The van der Waals surface area contributed by atoms with Crippen molar-refractivity contribution < 1.29 is 4.79 Å². The molecule has 0 saturated carbocycles. The average Bonchev–Trinajstić information content (AvgIpc) is 2.69. The fourth-order valence-corrected chi connectivity index (χ4v) is 2.70. The van der Waals surface area contributed by atoms with E-state index in [0.29, 0.717) is 19.0 Å². The fraction of sp³-hybridized carbons (Fsp3) is 0.667. The van der Waals surface area contributed by atoms with E-state index in [0.717, 1.165) is 24.8 Å². The summed E-state index contributed by atoms with van der Waals surface area (Å²) in [7, 11) is 0. The molecule has 1 fully saturated rings. The molecule has 1 saturated heterocycles. The Balaban J connectivity index is 1.94. The molecule has 1 aliphatic rings. The summed E-state index contributed by atoms with van der Waals surface area (Å²) < 4.78 is 0. The summed E-state index contributed by atoms with van der Waals surface area (Å²) in [4.78, 5) is 19.1. The van der Waals surface area contributed by atoms with Crippen LogP contribution in [-0.4, -0.2) is 36.6 Å². The zero-order valence-electron chi connectivity index (χ0n) is 10.9. The van der Waals surface area contributed by atoms with Gasteiger partial charge in [-0.15, -0.1) is 11.3 Å². The third kappa shape index (κ3) is 3.68. The lowest BCUT2D eigenvalue weighted by Crippen LogP contribution is -2.28. The topological polar surface area (TPSA) is 57.3 Å². The highest BCUT2D eigenvalue weighted by atomic mass is 32.1. The zero-order chi connectivity index (χ0) is 13.0. The van der Waals surface area contributed by atoms with Gasteiger partial charge in [0, 0.05) is 49.7 Å². The first kappa shape index (κ1) is 13.3. The van der Waals surface area contributed by atoms with Crippen LogP contribution in [0.5, 0.6) is 0 Å². The van der Waals surface area contributed by atoms with Crippen molar-refractivity contribution in [2.75, 3.05) is 24.5 Å². The number of nitrogens with zero attached hydrogens (tertiary/aromatic N) is 2. The second-order valence-corrected chi connectivity index (χ2v) is 5.83. The lowest BCUT2D eigenvalue weighted by atomic mass is 10.4. The molecular formula is C12H20N4OS. The Kier molecular flexibility index (Phi) is 4.54. The Labute approximate surface area is 112 Å². The van der Waals surface area contributed by atoms with Crippen molar-refractivity contribution in [2.24, 2.45) is 0 Å². The van der Waals surface area contributed by atoms with Gasteiger partial charge in [0.25, 0.3) is 0 Å². The summed E-state index contributed by atoms with van der Waals surface area (Å²) in [6, 6.07) is 0.482. The molecular weight excluding hydrogens is 248 g/mol. The first-order valence-corrected chi connectivity index (χ1v) is 7.16. The molecule has 1 aromatic heterocycles. The molecule has 1 amide bonds. The van der Waals surface area contributed by atoms with E-state index in [1.165, 1.54) is 4.88 Å². The maximum atomic E-state index is 11.3. The van der Waals surface area contributed by atoms with Gasteiger partial charge in [0.05, 0.1) is 0 Å². The van der Waals surface area contributed by atoms with E-state index in [1.54, 1.807) is 11.3 Å². The minimum atomic E-state index is 0.135. The highest BCUT2D eigenvalue weighted by Gasteiger charge is 2.16. The van der Waals surface area contributed by atoms with Gasteiger partial charge in [-0.25, -0.2) is 4.98 Å². The third-order valence-electron chi connectivity index (χ3n) is 2.81. The largest absolute Gasteiger partial charge is 0.354 e. The van der Waals surface area contributed by atoms with Crippen LogP contribution in [0.3, 0.4) is 0 Å². The summed E-state index contributed by atoms with van der Waals surface area (Å²) in [6.45, 7) is 7.44. The van der Waals surface area contributed by atoms with Gasteiger partial charge in [0.1, 0.15) is 0 Å². The van der Waals surface area contributed by atoms with E-state index < -0.39 is 0 Å². The quantitative estimate of drug-likeness (QED) is 0.854. The number of nitrogens with one attached hydrogen (secondary N) is 2. The van der Waals surface area contributed by atoms with Gasteiger partial charge in [0.2, 0.25) is 5.91 Å². The predicted octanol–water partition coefficient (Wildman–Crippen LogP) is 0.967. The van der Waals surface area contributed by atoms with Crippen molar-refractivity contribution in [3.05, 3.63) is 11.1 Å². The van der Waals surface area contributed by atoms with Crippen molar-refractivity contribution in [3.8, 4) is 0 Å². The normalized spacial score (nSPS) is 16.8. The Bertz CT molecular complexity index is 405. The van der Waals surface area contributed by atoms with E-state index >= 15 is 0 Å². The van der Waals surface area contributed by atoms with Gasteiger partial charge in [0.15, 0.2) is 5.13 Å². The molecule has 0 unspecified atom stereocenters. The van der Waals surface area contributed by atoms with Crippen LogP contribution in [0.15, 0.2) is 6.20 Å². The second-order valence-electron chi connectivity index (χ2n) is 4.73. The van der Waals surface area contributed by atoms with E-state index in [4.69, 9.17) is 0 Å². The van der Waals surface area contributed by atoms with Gasteiger partial charge >= 0.3 is 0 Å². The number of thiazole rings is 1. The first-order valence-electron chi connectivity index (χ1n) is 6.35. The molecule has 2 heterocycles. The predicted molar refractivity (Wildman–Crippen MR) is 73.9 cm³/mol. The van der Waals surface area contributed by atoms with E-state index in [2.05, 4.69) is 34.4 Å². The van der Waals surface area contributed by atoms with Gasteiger partial charge < -0.3 is 15.5 Å². The molecule has 2 rings (SSSR count). The molecule has 0 aliphatic carbocycles. The van der Waals surface area contributed by atoms with Gasteiger partial charge in [-0.1, -0.05) is 13.8 Å². The Hall–Kier alpha value is -1.14. The highest BCUT2D eigenvalue weighted by molar-refractivity contribution is 7.15. The van der Waals surface area contributed by atoms with Crippen molar-refractivity contribution >= 4 is 22.4 Å². The molecule has 0 spiro atoms. The lowest BCUT2D eigenvalue weighted by Gasteiger charge is -2.17. The number of rotatable bonds is 4.